The Balaban J connectivity index is 1.97. The molecule has 3 heterocycles. The number of fused-ring (bicyclic) bond motifs is 1. The Morgan fingerprint density at radius 3 is 2.70 bits per heavy atom. The van der Waals surface area contributed by atoms with Crippen molar-refractivity contribution >= 4 is 33.3 Å². The van der Waals surface area contributed by atoms with Crippen LogP contribution < -0.4 is 0 Å². The molecule has 104 valence electrons. The average Bonchev–Trinajstić information content (AvgIpc) is 2.92. The van der Waals surface area contributed by atoms with E-state index in [0.717, 1.165) is 32.9 Å². The molecule has 0 fully saturated rings. The lowest BCUT2D eigenvalue weighted by Gasteiger charge is -2.03. The first kappa shape index (κ1) is 13.6. The summed E-state index contributed by atoms with van der Waals surface area (Å²) in [6, 6.07) is 1.96. The van der Waals surface area contributed by atoms with E-state index in [-0.39, 0.29) is 0 Å². The predicted octanol–water partition coefficient (Wildman–Crippen LogP) is 4.21. The Bertz CT molecular complexity index is 776. The van der Waals surface area contributed by atoms with Crippen LogP contribution in [0.4, 0.5) is 0 Å². The van der Waals surface area contributed by atoms with Crippen molar-refractivity contribution < 1.29 is 4.52 Å². The van der Waals surface area contributed by atoms with Crippen LogP contribution in [0.15, 0.2) is 15.6 Å². The van der Waals surface area contributed by atoms with Gasteiger partial charge in [0.2, 0.25) is 0 Å². The van der Waals surface area contributed by atoms with Crippen LogP contribution in [0.5, 0.6) is 0 Å². The van der Waals surface area contributed by atoms with E-state index in [1.54, 1.807) is 23.1 Å². The molecule has 0 saturated heterocycles. The van der Waals surface area contributed by atoms with Gasteiger partial charge in [0.05, 0.1) is 11.4 Å². The van der Waals surface area contributed by atoms with Gasteiger partial charge in [-0.3, -0.25) is 0 Å². The van der Waals surface area contributed by atoms with Gasteiger partial charge in [0, 0.05) is 16.3 Å². The fraction of sp³-hybridized carbons (Fsp3) is 0.357. The van der Waals surface area contributed by atoms with E-state index in [1.807, 2.05) is 19.9 Å². The molecule has 0 bridgehead atoms. The van der Waals surface area contributed by atoms with Crippen molar-refractivity contribution in [1.82, 2.24) is 15.1 Å². The molecular weight excluding hydrogens is 290 g/mol. The van der Waals surface area contributed by atoms with Crippen LogP contribution in [0.3, 0.4) is 0 Å². The highest BCUT2D eigenvalue weighted by Crippen LogP contribution is 2.36. The molecular formula is C14H15N3OS2. The Morgan fingerprint density at radius 1 is 1.20 bits per heavy atom. The largest absolute Gasteiger partial charge is 0.360 e. The second kappa shape index (κ2) is 5.18. The topological polar surface area (TPSA) is 51.8 Å². The van der Waals surface area contributed by atoms with Gasteiger partial charge in [0.25, 0.3) is 0 Å². The molecule has 0 aromatic carbocycles. The highest BCUT2D eigenvalue weighted by Gasteiger charge is 2.14. The number of thioether (sulfide) groups is 1. The Labute approximate surface area is 125 Å². The first-order valence-corrected chi connectivity index (χ1v) is 8.14. The minimum Gasteiger partial charge on any atom is -0.360 e. The standard InChI is InChI=1S/C14H15N3OS2/c1-7-5-11(18-17-7)6-19-13-12-8(2)9(3)20-14(12)16-10(4)15-13/h5H,6H2,1-4H3. The number of aryl methyl sites for hydroxylation is 4. The summed E-state index contributed by atoms with van der Waals surface area (Å²) in [4.78, 5) is 11.5. The molecule has 0 saturated carbocycles. The maximum absolute atomic E-state index is 5.25. The molecule has 0 amide bonds. The molecule has 0 spiro atoms. The van der Waals surface area contributed by atoms with Crippen molar-refractivity contribution in [3.63, 3.8) is 0 Å². The lowest BCUT2D eigenvalue weighted by atomic mass is 10.2. The maximum atomic E-state index is 5.25. The van der Waals surface area contributed by atoms with Crippen molar-refractivity contribution in [2.75, 3.05) is 0 Å². The van der Waals surface area contributed by atoms with Crippen LogP contribution >= 0.6 is 23.1 Å². The first-order chi connectivity index (χ1) is 9.54. The maximum Gasteiger partial charge on any atom is 0.147 e. The van der Waals surface area contributed by atoms with Crippen LogP contribution in [-0.4, -0.2) is 15.1 Å². The zero-order chi connectivity index (χ0) is 14.3. The number of hydrogen-bond acceptors (Lipinski definition) is 6. The summed E-state index contributed by atoms with van der Waals surface area (Å²) < 4.78 is 5.25. The lowest BCUT2D eigenvalue weighted by Crippen LogP contribution is -1.91. The van der Waals surface area contributed by atoms with Gasteiger partial charge < -0.3 is 4.52 Å². The summed E-state index contributed by atoms with van der Waals surface area (Å²) in [5, 5.41) is 6.12. The minimum absolute atomic E-state index is 0.737. The molecule has 0 unspecified atom stereocenters. The summed E-state index contributed by atoms with van der Waals surface area (Å²) in [7, 11) is 0. The van der Waals surface area contributed by atoms with E-state index in [1.165, 1.54) is 15.8 Å². The fourth-order valence-corrected chi connectivity index (χ4v) is 4.19. The molecule has 0 aliphatic carbocycles. The summed E-state index contributed by atoms with van der Waals surface area (Å²) in [5.41, 5.74) is 2.19. The van der Waals surface area contributed by atoms with Crippen LogP contribution in [0, 0.1) is 27.7 Å². The van der Waals surface area contributed by atoms with Gasteiger partial charge in [0.15, 0.2) is 0 Å². The second-order valence-electron chi connectivity index (χ2n) is 4.76. The van der Waals surface area contributed by atoms with E-state index in [2.05, 4.69) is 29.0 Å². The SMILES string of the molecule is Cc1cc(CSc2nc(C)nc3sc(C)c(C)c23)on1. The fourth-order valence-electron chi connectivity index (χ4n) is 2.04. The third-order valence-corrected chi connectivity index (χ3v) is 5.23. The third kappa shape index (κ3) is 2.45. The van der Waals surface area contributed by atoms with Gasteiger partial charge in [-0.1, -0.05) is 16.9 Å². The smallest absolute Gasteiger partial charge is 0.147 e. The van der Waals surface area contributed by atoms with E-state index >= 15 is 0 Å². The first-order valence-electron chi connectivity index (χ1n) is 6.34. The molecule has 3 aromatic heterocycles. The summed E-state index contributed by atoms with van der Waals surface area (Å²) in [5.74, 6) is 2.43. The molecule has 6 heteroatoms. The van der Waals surface area contributed by atoms with Gasteiger partial charge >= 0.3 is 0 Å². The molecule has 4 nitrogen and oxygen atoms in total. The van der Waals surface area contributed by atoms with Crippen LogP contribution in [0.2, 0.25) is 0 Å². The molecule has 0 atom stereocenters. The van der Waals surface area contributed by atoms with Gasteiger partial charge in [-0.25, -0.2) is 9.97 Å². The van der Waals surface area contributed by atoms with Crippen LogP contribution in [-0.2, 0) is 5.75 Å². The van der Waals surface area contributed by atoms with Gasteiger partial charge in [0.1, 0.15) is 21.4 Å². The molecule has 0 aliphatic heterocycles. The zero-order valence-electron chi connectivity index (χ0n) is 11.9. The van der Waals surface area contributed by atoms with Crippen molar-refractivity contribution in [1.29, 1.82) is 0 Å². The normalized spacial score (nSPS) is 11.4. The quantitative estimate of drug-likeness (QED) is 0.536. The summed E-state index contributed by atoms with van der Waals surface area (Å²) in [6.45, 7) is 8.13. The van der Waals surface area contributed by atoms with Gasteiger partial charge in [-0.05, 0) is 33.3 Å². The third-order valence-electron chi connectivity index (χ3n) is 3.14. The minimum atomic E-state index is 0.737. The highest BCUT2D eigenvalue weighted by molar-refractivity contribution is 7.98. The van der Waals surface area contributed by atoms with E-state index in [9.17, 15) is 0 Å². The molecule has 20 heavy (non-hydrogen) atoms. The molecule has 0 radical (unpaired) electrons. The van der Waals surface area contributed by atoms with Crippen molar-refractivity contribution in [2.24, 2.45) is 0 Å². The molecule has 0 N–H and O–H groups in total. The lowest BCUT2D eigenvalue weighted by molar-refractivity contribution is 0.391. The van der Waals surface area contributed by atoms with Crippen LogP contribution in [0.1, 0.15) is 27.7 Å². The van der Waals surface area contributed by atoms with Crippen molar-refractivity contribution in [3.8, 4) is 0 Å². The molecule has 3 rings (SSSR count). The Hall–Kier alpha value is -1.40. The number of nitrogens with zero attached hydrogens (tertiary/aromatic N) is 3. The van der Waals surface area contributed by atoms with E-state index in [0.29, 0.717) is 0 Å². The van der Waals surface area contributed by atoms with E-state index in [4.69, 9.17) is 4.52 Å². The zero-order valence-corrected chi connectivity index (χ0v) is 13.5. The van der Waals surface area contributed by atoms with Gasteiger partial charge in [-0.15, -0.1) is 11.3 Å². The van der Waals surface area contributed by atoms with Crippen molar-refractivity contribution in [3.05, 3.63) is 33.8 Å². The van der Waals surface area contributed by atoms with Crippen LogP contribution in [0.25, 0.3) is 10.2 Å². The molecule has 3 aromatic rings. The summed E-state index contributed by atoms with van der Waals surface area (Å²) in [6.07, 6.45) is 0. The number of hydrogen-bond donors (Lipinski definition) is 0. The molecule has 0 aliphatic rings. The monoisotopic (exact) mass is 305 g/mol. The second-order valence-corrected chi connectivity index (χ2v) is 6.93. The number of thiophene rings is 1. The summed E-state index contributed by atoms with van der Waals surface area (Å²) >= 11 is 3.41. The Kier molecular flexibility index (Phi) is 3.52. The van der Waals surface area contributed by atoms with E-state index < -0.39 is 0 Å². The average molecular weight is 305 g/mol. The number of aromatic nitrogens is 3. The number of rotatable bonds is 3. The highest BCUT2D eigenvalue weighted by atomic mass is 32.2. The predicted molar refractivity (Wildman–Crippen MR) is 82.4 cm³/mol. The Morgan fingerprint density at radius 2 is 2.00 bits per heavy atom. The van der Waals surface area contributed by atoms with Crippen molar-refractivity contribution in [2.45, 2.75) is 38.5 Å². The van der Waals surface area contributed by atoms with Gasteiger partial charge in [-0.2, -0.15) is 0 Å².